The first-order chi connectivity index (χ1) is 13.1. The van der Waals surface area contributed by atoms with Crippen molar-refractivity contribution in [2.45, 2.75) is 13.5 Å². The van der Waals surface area contributed by atoms with E-state index in [0.29, 0.717) is 5.69 Å². The standard InChI is InChI=1S/C22H23N3O2/c1-15-3-4-17(12-22(15)27-2)6-9-20-13-19(24-25-20)8-5-16-7-10-21(23)18(11-16)14-26/h3-13,26H,14,23H2,1-2H3,(H,24,25)/b8-5+,9-6+. The van der Waals surface area contributed by atoms with E-state index in [0.717, 1.165) is 39.4 Å². The van der Waals surface area contributed by atoms with E-state index in [1.165, 1.54) is 0 Å². The number of aliphatic hydroxyl groups is 1. The first kappa shape index (κ1) is 18.5. The molecule has 0 bridgehead atoms. The molecule has 0 fully saturated rings. The number of ether oxygens (including phenoxy) is 1. The quantitative estimate of drug-likeness (QED) is 0.576. The van der Waals surface area contributed by atoms with Gasteiger partial charge in [0.15, 0.2) is 0 Å². The topological polar surface area (TPSA) is 84.2 Å². The number of hydrogen-bond acceptors (Lipinski definition) is 4. The molecule has 0 saturated heterocycles. The number of aromatic nitrogens is 2. The van der Waals surface area contributed by atoms with Crippen LogP contribution in [0.4, 0.5) is 5.69 Å². The second-order valence-electron chi connectivity index (χ2n) is 6.26. The van der Waals surface area contributed by atoms with E-state index in [4.69, 9.17) is 10.5 Å². The molecular formula is C22H23N3O2. The van der Waals surface area contributed by atoms with Crippen LogP contribution in [-0.2, 0) is 6.61 Å². The third kappa shape index (κ3) is 4.65. The summed E-state index contributed by atoms with van der Waals surface area (Å²) in [6.45, 7) is 1.94. The van der Waals surface area contributed by atoms with E-state index < -0.39 is 0 Å². The number of nitrogens with two attached hydrogens (primary N) is 1. The van der Waals surface area contributed by atoms with Crippen molar-refractivity contribution in [2.75, 3.05) is 12.8 Å². The molecule has 4 N–H and O–H groups in total. The first-order valence-corrected chi connectivity index (χ1v) is 8.64. The molecule has 2 aromatic carbocycles. The summed E-state index contributed by atoms with van der Waals surface area (Å²) in [7, 11) is 1.67. The van der Waals surface area contributed by atoms with Crippen LogP contribution in [-0.4, -0.2) is 22.4 Å². The van der Waals surface area contributed by atoms with Crippen LogP contribution in [0.1, 0.15) is 33.6 Å². The molecule has 3 aromatic rings. The Morgan fingerprint density at radius 2 is 1.78 bits per heavy atom. The highest BCUT2D eigenvalue weighted by Gasteiger charge is 2.00. The molecule has 0 aliphatic rings. The fraction of sp³-hybridized carbons (Fsp3) is 0.136. The van der Waals surface area contributed by atoms with Gasteiger partial charge in [-0.3, -0.25) is 5.10 Å². The molecule has 0 aliphatic carbocycles. The Balaban J connectivity index is 1.71. The van der Waals surface area contributed by atoms with Gasteiger partial charge in [0.25, 0.3) is 0 Å². The Hall–Kier alpha value is -3.31. The number of rotatable bonds is 6. The fourth-order valence-electron chi connectivity index (χ4n) is 2.70. The van der Waals surface area contributed by atoms with Gasteiger partial charge in [-0.25, -0.2) is 0 Å². The second-order valence-corrected chi connectivity index (χ2v) is 6.26. The zero-order valence-corrected chi connectivity index (χ0v) is 15.4. The smallest absolute Gasteiger partial charge is 0.122 e. The first-order valence-electron chi connectivity index (χ1n) is 8.64. The summed E-state index contributed by atoms with van der Waals surface area (Å²) in [5.41, 5.74) is 12.0. The Labute approximate surface area is 158 Å². The number of aliphatic hydroxyl groups excluding tert-OH is 1. The minimum absolute atomic E-state index is 0.0747. The monoisotopic (exact) mass is 361 g/mol. The van der Waals surface area contributed by atoms with E-state index >= 15 is 0 Å². The molecule has 0 radical (unpaired) electrons. The minimum atomic E-state index is -0.0747. The van der Waals surface area contributed by atoms with Crippen molar-refractivity contribution in [3.8, 4) is 5.75 Å². The fourth-order valence-corrected chi connectivity index (χ4v) is 2.70. The number of aryl methyl sites for hydroxylation is 1. The summed E-state index contributed by atoms with van der Waals surface area (Å²) in [6.07, 6.45) is 7.83. The van der Waals surface area contributed by atoms with Crippen LogP contribution in [0.3, 0.4) is 0 Å². The third-order valence-corrected chi connectivity index (χ3v) is 4.29. The number of benzene rings is 2. The van der Waals surface area contributed by atoms with Crippen molar-refractivity contribution in [3.63, 3.8) is 0 Å². The van der Waals surface area contributed by atoms with Crippen molar-refractivity contribution in [1.29, 1.82) is 0 Å². The predicted octanol–water partition coefficient (Wildman–Crippen LogP) is 4.14. The van der Waals surface area contributed by atoms with Crippen LogP contribution in [0.5, 0.6) is 5.75 Å². The number of aromatic amines is 1. The molecule has 0 aliphatic heterocycles. The highest BCUT2D eigenvalue weighted by atomic mass is 16.5. The summed E-state index contributed by atoms with van der Waals surface area (Å²) in [5.74, 6) is 0.871. The zero-order valence-electron chi connectivity index (χ0n) is 15.4. The van der Waals surface area contributed by atoms with Gasteiger partial charge in [-0.15, -0.1) is 0 Å². The van der Waals surface area contributed by atoms with Crippen molar-refractivity contribution < 1.29 is 9.84 Å². The molecule has 1 aromatic heterocycles. The summed E-state index contributed by atoms with van der Waals surface area (Å²) in [6, 6.07) is 13.6. The van der Waals surface area contributed by atoms with Gasteiger partial charge < -0.3 is 15.6 Å². The number of nitrogens with one attached hydrogen (secondary N) is 1. The highest BCUT2D eigenvalue weighted by Crippen LogP contribution is 2.20. The van der Waals surface area contributed by atoms with Crippen LogP contribution < -0.4 is 10.5 Å². The van der Waals surface area contributed by atoms with Crippen molar-refractivity contribution in [1.82, 2.24) is 10.2 Å². The maximum Gasteiger partial charge on any atom is 0.122 e. The van der Waals surface area contributed by atoms with Gasteiger partial charge in [0.2, 0.25) is 0 Å². The molecule has 3 rings (SSSR count). The molecule has 0 unspecified atom stereocenters. The normalized spacial score (nSPS) is 11.5. The van der Waals surface area contributed by atoms with Crippen LogP contribution >= 0.6 is 0 Å². The van der Waals surface area contributed by atoms with E-state index in [9.17, 15) is 5.11 Å². The van der Waals surface area contributed by atoms with E-state index in [1.54, 1.807) is 13.2 Å². The average molecular weight is 361 g/mol. The van der Waals surface area contributed by atoms with Crippen LogP contribution in [0.15, 0.2) is 42.5 Å². The largest absolute Gasteiger partial charge is 0.496 e. The van der Waals surface area contributed by atoms with Gasteiger partial charge in [-0.2, -0.15) is 5.10 Å². The van der Waals surface area contributed by atoms with Gasteiger partial charge in [-0.05, 0) is 60.0 Å². The highest BCUT2D eigenvalue weighted by molar-refractivity contribution is 5.73. The summed E-state index contributed by atoms with van der Waals surface area (Å²) >= 11 is 0. The zero-order chi connectivity index (χ0) is 19.2. The lowest BCUT2D eigenvalue weighted by atomic mass is 10.1. The van der Waals surface area contributed by atoms with Gasteiger partial charge in [0.1, 0.15) is 5.75 Å². The Morgan fingerprint density at radius 3 is 2.56 bits per heavy atom. The lowest BCUT2D eigenvalue weighted by molar-refractivity contribution is 0.282. The molecular weight excluding hydrogens is 338 g/mol. The summed E-state index contributed by atoms with van der Waals surface area (Å²) < 4.78 is 5.35. The third-order valence-electron chi connectivity index (χ3n) is 4.29. The van der Waals surface area contributed by atoms with Crippen LogP contribution in [0, 0.1) is 6.92 Å². The molecule has 5 heteroatoms. The minimum Gasteiger partial charge on any atom is -0.496 e. The van der Waals surface area contributed by atoms with Gasteiger partial charge in [-0.1, -0.05) is 30.4 Å². The maximum absolute atomic E-state index is 9.30. The van der Waals surface area contributed by atoms with Crippen molar-refractivity contribution in [3.05, 3.63) is 76.1 Å². The Morgan fingerprint density at radius 1 is 1.04 bits per heavy atom. The lowest BCUT2D eigenvalue weighted by Gasteiger charge is -2.04. The van der Waals surface area contributed by atoms with Crippen molar-refractivity contribution in [2.24, 2.45) is 0 Å². The number of hydrogen-bond donors (Lipinski definition) is 3. The molecule has 0 saturated carbocycles. The molecule has 27 heavy (non-hydrogen) atoms. The molecule has 138 valence electrons. The number of nitrogen functional groups attached to an aromatic ring is 1. The van der Waals surface area contributed by atoms with Crippen LogP contribution in [0.25, 0.3) is 24.3 Å². The Bertz CT molecular complexity index is 909. The second kappa shape index (κ2) is 8.38. The molecule has 0 amide bonds. The average Bonchev–Trinajstić information content (AvgIpc) is 3.14. The van der Waals surface area contributed by atoms with E-state index in [-0.39, 0.29) is 6.61 Å². The lowest BCUT2D eigenvalue weighted by Crippen LogP contribution is -1.93. The van der Waals surface area contributed by atoms with Gasteiger partial charge >= 0.3 is 0 Å². The van der Waals surface area contributed by atoms with Crippen LogP contribution in [0.2, 0.25) is 0 Å². The Kier molecular flexibility index (Phi) is 5.74. The summed E-state index contributed by atoms with van der Waals surface area (Å²) in [5, 5.41) is 16.6. The SMILES string of the molecule is COc1cc(/C=C/c2cc(/C=C/c3ccc(N)c(CO)c3)n[nH]2)ccc1C. The van der Waals surface area contributed by atoms with E-state index in [2.05, 4.69) is 10.2 Å². The molecule has 0 spiro atoms. The maximum atomic E-state index is 9.30. The number of methoxy groups -OCH3 is 1. The predicted molar refractivity (Wildman–Crippen MR) is 111 cm³/mol. The molecule has 0 atom stereocenters. The van der Waals surface area contributed by atoms with Gasteiger partial charge in [0.05, 0.1) is 25.1 Å². The van der Waals surface area contributed by atoms with E-state index in [1.807, 2.05) is 67.6 Å². The molecule has 5 nitrogen and oxygen atoms in total. The van der Waals surface area contributed by atoms with Crippen molar-refractivity contribution >= 4 is 30.0 Å². The number of nitrogens with zero attached hydrogens (tertiary/aromatic N) is 1. The number of anilines is 1. The number of H-pyrrole nitrogens is 1. The van der Waals surface area contributed by atoms with Gasteiger partial charge in [0, 0.05) is 11.3 Å². The summed E-state index contributed by atoms with van der Waals surface area (Å²) in [4.78, 5) is 0. The molecule has 1 heterocycles.